The van der Waals surface area contributed by atoms with Crippen LogP contribution in [0.25, 0.3) is 17.0 Å². The van der Waals surface area contributed by atoms with Gasteiger partial charge in [0, 0.05) is 43.7 Å². The molecule has 4 rings (SSSR count). The van der Waals surface area contributed by atoms with Gasteiger partial charge in [-0.3, -0.25) is 14.4 Å². The number of benzene rings is 1. The monoisotopic (exact) mass is 446 g/mol. The van der Waals surface area contributed by atoms with E-state index in [1.165, 1.54) is 13.0 Å². The lowest BCUT2D eigenvalue weighted by atomic mass is 9.94. The summed E-state index contributed by atoms with van der Waals surface area (Å²) in [7, 11) is 1.73. The molecule has 1 atom stereocenters. The van der Waals surface area contributed by atoms with Crippen LogP contribution >= 0.6 is 0 Å². The smallest absolute Gasteiger partial charge is 0.246 e. The Kier molecular flexibility index (Phi) is 6.26. The van der Waals surface area contributed by atoms with Gasteiger partial charge in [-0.1, -0.05) is 18.2 Å². The Balaban J connectivity index is 1.42. The van der Waals surface area contributed by atoms with Crippen LogP contribution in [0.3, 0.4) is 0 Å². The Morgan fingerprint density at radius 3 is 2.88 bits per heavy atom. The van der Waals surface area contributed by atoms with E-state index in [1.54, 1.807) is 24.2 Å². The zero-order valence-corrected chi connectivity index (χ0v) is 18.8. The van der Waals surface area contributed by atoms with Crippen molar-refractivity contribution in [2.45, 2.75) is 26.8 Å². The third kappa shape index (κ3) is 4.95. The van der Waals surface area contributed by atoms with Crippen LogP contribution in [0.1, 0.15) is 29.4 Å². The molecule has 0 bridgehead atoms. The summed E-state index contributed by atoms with van der Waals surface area (Å²) in [5.41, 5.74) is 3.46. The average Bonchev–Trinajstić information content (AvgIpc) is 3.11. The van der Waals surface area contributed by atoms with Gasteiger partial charge in [0.1, 0.15) is 17.2 Å². The second kappa shape index (κ2) is 9.28. The SMILES string of the molecule is CC(=O)NCC1Cc2cc(/C=C/C(=O)N(C)Cc3oc4ccccc4c3C)cnc2NC1=O. The zero-order valence-electron chi connectivity index (χ0n) is 18.8. The number of carbonyl (C=O) groups excluding carboxylic acids is 3. The van der Waals surface area contributed by atoms with Gasteiger partial charge in [0.25, 0.3) is 0 Å². The van der Waals surface area contributed by atoms with E-state index in [0.717, 1.165) is 33.4 Å². The molecule has 8 nitrogen and oxygen atoms in total. The number of furan rings is 1. The van der Waals surface area contributed by atoms with Crippen molar-refractivity contribution in [3.05, 3.63) is 65.1 Å². The second-order valence-electron chi connectivity index (χ2n) is 8.28. The maximum Gasteiger partial charge on any atom is 0.246 e. The normalized spacial score (nSPS) is 15.4. The molecular weight excluding hydrogens is 420 g/mol. The first-order valence-corrected chi connectivity index (χ1v) is 10.8. The molecule has 170 valence electrons. The van der Waals surface area contributed by atoms with Crippen molar-refractivity contribution in [1.82, 2.24) is 15.2 Å². The van der Waals surface area contributed by atoms with Crippen LogP contribution in [0, 0.1) is 12.8 Å². The summed E-state index contributed by atoms with van der Waals surface area (Å²) in [6, 6.07) is 9.71. The van der Waals surface area contributed by atoms with E-state index < -0.39 is 0 Å². The minimum atomic E-state index is -0.359. The van der Waals surface area contributed by atoms with E-state index in [0.29, 0.717) is 18.8 Å². The van der Waals surface area contributed by atoms with Gasteiger partial charge in [-0.05, 0) is 42.7 Å². The highest BCUT2D eigenvalue weighted by Crippen LogP contribution is 2.26. The van der Waals surface area contributed by atoms with E-state index >= 15 is 0 Å². The van der Waals surface area contributed by atoms with Crippen LogP contribution in [0.15, 0.2) is 47.0 Å². The van der Waals surface area contributed by atoms with Crippen LogP contribution in [0.5, 0.6) is 0 Å². The minimum absolute atomic E-state index is 0.162. The molecule has 0 aliphatic carbocycles. The maximum absolute atomic E-state index is 12.7. The zero-order chi connectivity index (χ0) is 23.5. The van der Waals surface area contributed by atoms with Crippen molar-refractivity contribution in [3.63, 3.8) is 0 Å². The third-order valence-electron chi connectivity index (χ3n) is 5.78. The Morgan fingerprint density at radius 1 is 1.33 bits per heavy atom. The highest BCUT2D eigenvalue weighted by Gasteiger charge is 2.27. The number of rotatable bonds is 6. The summed E-state index contributed by atoms with van der Waals surface area (Å²) >= 11 is 0. The molecule has 2 N–H and O–H groups in total. The van der Waals surface area contributed by atoms with Crippen molar-refractivity contribution < 1.29 is 18.8 Å². The van der Waals surface area contributed by atoms with E-state index in [4.69, 9.17) is 4.42 Å². The number of nitrogens with zero attached hydrogens (tertiary/aromatic N) is 2. The van der Waals surface area contributed by atoms with E-state index in [-0.39, 0.29) is 30.2 Å². The molecule has 33 heavy (non-hydrogen) atoms. The molecule has 1 aliphatic rings. The Labute approximate surface area is 191 Å². The van der Waals surface area contributed by atoms with Crippen molar-refractivity contribution in [3.8, 4) is 0 Å². The number of pyridine rings is 1. The summed E-state index contributed by atoms with van der Waals surface area (Å²) in [5.74, 6) is 0.414. The number of amides is 3. The molecule has 0 fully saturated rings. The van der Waals surface area contributed by atoms with Gasteiger partial charge < -0.3 is 20.0 Å². The Morgan fingerprint density at radius 2 is 2.12 bits per heavy atom. The fourth-order valence-electron chi connectivity index (χ4n) is 3.86. The van der Waals surface area contributed by atoms with Gasteiger partial charge in [0.15, 0.2) is 0 Å². The van der Waals surface area contributed by atoms with Crippen molar-refractivity contribution in [1.29, 1.82) is 0 Å². The maximum atomic E-state index is 12.7. The van der Waals surface area contributed by atoms with Crippen molar-refractivity contribution in [2.24, 2.45) is 5.92 Å². The third-order valence-corrected chi connectivity index (χ3v) is 5.78. The molecule has 0 saturated heterocycles. The predicted octanol–water partition coefficient (Wildman–Crippen LogP) is 3.05. The molecule has 0 radical (unpaired) electrons. The summed E-state index contributed by atoms with van der Waals surface area (Å²) < 4.78 is 5.91. The summed E-state index contributed by atoms with van der Waals surface area (Å²) in [6.45, 7) is 4.04. The number of fused-ring (bicyclic) bond motifs is 2. The fraction of sp³-hybridized carbons (Fsp3) is 0.280. The molecule has 8 heteroatoms. The number of aromatic nitrogens is 1. The van der Waals surface area contributed by atoms with E-state index in [2.05, 4.69) is 15.6 Å². The Hall–Kier alpha value is -3.94. The molecule has 1 aliphatic heterocycles. The largest absolute Gasteiger partial charge is 0.459 e. The summed E-state index contributed by atoms with van der Waals surface area (Å²) in [6.07, 6.45) is 5.28. The highest BCUT2D eigenvalue weighted by molar-refractivity contribution is 5.95. The predicted molar refractivity (Wildman–Crippen MR) is 125 cm³/mol. The average molecular weight is 447 g/mol. The van der Waals surface area contributed by atoms with Gasteiger partial charge >= 0.3 is 0 Å². The number of nitrogens with one attached hydrogen (secondary N) is 2. The van der Waals surface area contributed by atoms with Crippen LogP contribution in [-0.4, -0.2) is 41.2 Å². The fourth-order valence-corrected chi connectivity index (χ4v) is 3.86. The molecule has 1 aromatic carbocycles. The van der Waals surface area contributed by atoms with Gasteiger partial charge in [0.2, 0.25) is 17.7 Å². The Bertz CT molecular complexity index is 1260. The number of anilines is 1. The quantitative estimate of drug-likeness (QED) is 0.567. The number of para-hydroxylation sites is 1. The lowest BCUT2D eigenvalue weighted by Crippen LogP contribution is -2.38. The number of carbonyl (C=O) groups is 3. The van der Waals surface area contributed by atoms with E-state index in [9.17, 15) is 14.4 Å². The lowest BCUT2D eigenvalue weighted by Gasteiger charge is -2.24. The molecule has 3 aromatic rings. The second-order valence-corrected chi connectivity index (χ2v) is 8.28. The number of hydrogen-bond donors (Lipinski definition) is 2. The van der Waals surface area contributed by atoms with Crippen LogP contribution in [-0.2, 0) is 27.3 Å². The molecule has 3 amide bonds. The highest BCUT2D eigenvalue weighted by atomic mass is 16.3. The molecule has 2 aromatic heterocycles. The lowest BCUT2D eigenvalue weighted by molar-refractivity contribution is -0.125. The van der Waals surface area contributed by atoms with Crippen molar-refractivity contribution in [2.75, 3.05) is 18.9 Å². The number of aryl methyl sites for hydroxylation is 1. The minimum Gasteiger partial charge on any atom is -0.459 e. The van der Waals surface area contributed by atoms with Crippen LogP contribution in [0.4, 0.5) is 5.82 Å². The summed E-state index contributed by atoms with van der Waals surface area (Å²) in [4.78, 5) is 41.9. The molecule has 1 unspecified atom stereocenters. The molecule has 0 saturated carbocycles. The first-order chi connectivity index (χ1) is 15.8. The van der Waals surface area contributed by atoms with Gasteiger partial charge in [-0.15, -0.1) is 0 Å². The molecular formula is C25H26N4O4. The molecule has 0 spiro atoms. The number of hydrogen-bond acceptors (Lipinski definition) is 5. The first-order valence-electron chi connectivity index (χ1n) is 10.8. The van der Waals surface area contributed by atoms with Crippen LogP contribution < -0.4 is 10.6 Å². The summed E-state index contributed by atoms with van der Waals surface area (Å²) in [5, 5.41) is 6.51. The van der Waals surface area contributed by atoms with Gasteiger partial charge in [0.05, 0.1) is 12.5 Å². The molecule has 3 heterocycles. The van der Waals surface area contributed by atoms with Crippen molar-refractivity contribution >= 4 is 40.6 Å². The topological polar surface area (TPSA) is 105 Å². The standard InChI is InChI=1S/C25H26N4O4/c1-15-20-6-4-5-7-21(20)33-22(15)14-29(3)23(31)9-8-17-10-18-11-19(13-26-16(2)30)25(32)28-24(18)27-12-17/h4-10,12,19H,11,13-14H2,1-3H3,(H,26,30)(H,27,28,32)/b9-8+. The van der Waals surface area contributed by atoms with Gasteiger partial charge in [-0.2, -0.15) is 0 Å². The first kappa shape index (κ1) is 22.3. The number of likely N-dealkylation sites (N-methyl/N-ethyl adjacent to an activating group) is 1. The van der Waals surface area contributed by atoms with Gasteiger partial charge in [-0.25, -0.2) is 4.98 Å². The van der Waals surface area contributed by atoms with Crippen LogP contribution in [0.2, 0.25) is 0 Å². The van der Waals surface area contributed by atoms with E-state index in [1.807, 2.05) is 37.3 Å².